The van der Waals surface area contributed by atoms with Crippen LogP contribution < -0.4 is 9.62 Å². The van der Waals surface area contributed by atoms with Gasteiger partial charge in [0, 0.05) is 25.4 Å². The Morgan fingerprint density at radius 1 is 1.26 bits per heavy atom. The first-order valence-corrected chi connectivity index (χ1v) is 14.2. The maximum atomic E-state index is 12.9. The highest BCUT2D eigenvalue weighted by Crippen LogP contribution is 2.40. The van der Waals surface area contributed by atoms with E-state index in [9.17, 15) is 26.4 Å². The van der Waals surface area contributed by atoms with Crippen LogP contribution in [0.3, 0.4) is 0 Å². The van der Waals surface area contributed by atoms with Gasteiger partial charge in [0.25, 0.3) is 5.13 Å². The largest absolute Gasteiger partial charge is 0.458 e. The number of benzene rings is 1. The van der Waals surface area contributed by atoms with E-state index >= 15 is 0 Å². The molecule has 0 radical (unpaired) electrons. The van der Waals surface area contributed by atoms with Gasteiger partial charge >= 0.3 is 12.1 Å². The molecule has 0 saturated carbocycles. The lowest BCUT2D eigenvalue weighted by molar-refractivity contribution is -0.106. The van der Waals surface area contributed by atoms with Crippen molar-refractivity contribution in [1.29, 1.82) is 0 Å². The van der Waals surface area contributed by atoms with E-state index < -0.39 is 27.9 Å². The average molecular weight is 579 g/mol. The molecule has 210 valence electrons. The molecule has 2 heterocycles. The van der Waals surface area contributed by atoms with Gasteiger partial charge in [0.05, 0.1) is 12.3 Å². The number of methoxy groups -OCH3 is 1. The third-order valence-electron chi connectivity index (χ3n) is 5.40. The Hall–Kier alpha value is -2.85. The normalized spacial score (nSPS) is 16.2. The molecular weight excluding hydrogens is 549 g/mol. The number of nitrogens with one attached hydrogen (secondary N) is 1. The van der Waals surface area contributed by atoms with Gasteiger partial charge in [-0.15, -0.1) is 20.4 Å². The number of rotatable bonds is 11. The number of anilines is 2. The first kappa shape index (κ1) is 29.7. The minimum Gasteiger partial charge on any atom is -0.458 e. The second-order valence-electron chi connectivity index (χ2n) is 9.13. The minimum atomic E-state index is -4.93. The molecule has 1 aromatic carbocycles. The summed E-state index contributed by atoms with van der Waals surface area (Å²) < 4.78 is 75.1. The van der Waals surface area contributed by atoms with Crippen LogP contribution >= 0.6 is 11.3 Å². The van der Waals surface area contributed by atoms with E-state index in [0.29, 0.717) is 18.9 Å². The predicted octanol–water partition coefficient (Wildman–Crippen LogP) is 4.86. The zero-order valence-electron chi connectivity index (χ0n) is 21.3. The number of aryl methyl sites for hydroxylation is 1. The number of halogens is 3. The van der Waals surface area contributed by atoms with Crippen LogP contribution in [0.2, 0.25) is 0 Å². The average Bonchev–Trinajstić information content (AvgIpc) is 3.27. The van der Waals surface area contributed by atoms with Gasteiger partial charge in [-0.25, -0.2) is 13.2 Å². The van der Waals surface area contributed by atoms with Crippen molar-refractivity contribution in [3.63, 3.8) is 0 Å². The molecule has 0 spiro atoms. The summed E-state index contributed by atoms with van der Waals surface area (Å²) in [7, 11) is -3.33. The topological polar surface area (TPSA) is 135 Å². The molecule has 2 aromatic rings. The van der Waals surface area contributed by atoms with Crippen molar-refractivity contribution in [1.82, 2.24) is 10.2 Å². The van der Waals surface area contributed by atoms with Crippen molar-refractivity contribution in [2.24, 2.45) is 16.1 Å². The van der Waals surface area contributed by atoms with E-state index in [1.54, 1.807) is 6.07 Å². The number of aromatic nitrogens is 2. The van der Waals surface area contributed by atoms with Crippen LogP contribution in [-0.2, 0) is 25.9 Å². The van der Waals surface area contributed by atoms with E-state index in [4.69, 9.17) is 9.47 Å². The first-order chi connectivity index (χ1) is 17.8. The van der Waals surface area contributed by atoms with E-state index in [-0.39, 0.29) is 40.8 Å². The Balaban J connectivity index is 1.96. The van der Waals surface area contributed by atoms with Gasteiger partial charge in [0.2, 0.25) is 15.0 Å². The number of hydrogen-bond acceptors (Lipinski definition) is 11. The van der Waals surface area contributed by atoms with E-state index in [2.05, 4.69) is 25.3 Å². The monoisotopic (exact) mass is 578 g/mol. The van der Waals surface area contributed by atoms with Crippen LogP contribution in [0, 0.1) is 5.92 Å². The summed E-state index contributed by atoms with van der Waals surface area (Å²) in [6.07, 6.45) is -3.43. The van der Waals surface area contributed by atoms with Crippen LogP contribution in [-0.4, -0.2) is 69.4 Å². The van der Waals surface area contributed by atoms with Gasteiger partial charge in [-0.1, -0.05) is 25.2 Å². The number of alkyl halides is 3. The summed E-state index contributed by atoms with van der Waals surface area (Å²) in [6, 6.07) is 3.25. The molecule has 0 aliphatic carbocycles. The molecule has 0 amide bonds. The number of nitrogens with zero attached hydrogens (tertiary/aromatic N) is 5. The van der Waals surface area contributed by atoms with Crippen LogP contribution in [0.5, 0.6) is 0 Å². The second kappa shape index (κ2) is 12.3. The molecule has 1 unspecified atom stereocenters. The Labute approximate surface area is 222 Å². The fourth-order valence-electron chi connectivity index (χ4n) is 3.82. The smallest absolute Gasteiger partial charge is 0.404 e. The minimum absolute atomic E-state index is 0.00738. The van der Waals surface area contributed by atoms with E-state index in [1.165, 1.54) is 13.2 Å². The molecule has 0 bridgehead atoms. The van der Waals surface area contributed by atoms with Crippen LogP contribution in [0.4, 0.5) is 35.4 Å². The number of fused-ring (bicyclic) bond motifs is 1. The molecule has 11 nitrogen and oxygen atoms in total. The molecule has 0 saturated heterocycles. The van der Waals surface area contributed by atoms with E-state index in [0.717, 1.165) is 29.0 Å². The molecule has 1 aliphatic heterocycles. The standard InChI is InChI=1S/C22H29F3N6O5S2/c1-13(2)11-31-14(3)5-6-15-9-16(17(10-18(15)31)30-38(33,34)12-22(23,24)25)26-28-21-29-27-19(37-21)20(32)36-8-7-35-4/h9-10,13-14,30H,5-8,11-12H2,1-4H3. The first-order valence-electron chi connectivity index (χ1n) is 11.7. The second-order valence-corrected chi connectivity index (χ2v) is 11.8. The predicted molar refractivity (Wildman–Crippen MR) is 136 cm³/mol. The zero-order chi connectivity index (χ0) is 28.1. The molecule has 0 fully saturated rings. The number of esters is 1. The molecule has 1 atom stereocenters. The summed E-state index contributed by atoms with van der Waals surface area (Å²) in [5.74, 6) is -2.49. The molecular formula is C22H29F3N6O5S2. The number of hydrogen-bond donors (Lipinski definition) is 1. The van der Waals surface area contributed by atoms with Gasteiger partial charge < -0.3 is 14.4 Å². The number of ether oxygens (including phenoxy) is 2. The van der Waals surface area contributed by atoms with Gasteiger partial charge in [-0.05, 0) is 43.4 Å². The third-order valence-corrected chi connectivity index (χ3v) is 7.43. The van der Waals surface area contributed by atoms with Crippen molar-refractivity contribution in [3.05, 3.63) is 22.7 Å². The summed E-state index contributed by atoms with van der Waals surface area (Å²) >= 11 is 0.788. The van der Waals surface area contributed by atoms with Crippen LogP contribution in [0.15, 0.2) is 22.4 Å². The molecule has 38 heavy (non-hydrogen) atoms. The van der Waals surface area contributed by atoms with Crippen molar-refractivity contribution in [2.45, 2.75) is 45.8 Å². The Morgan fingerprint density at radius 3 is 2.66 bits per heavy atom. The Bertz CT molecular complexity index is 1270. The molecule has 16 heteroatoms. The SMILES string of the molecule is COCCOC(=O)c1nnc(N=Nc2cc3c(cc2NS(=O)(=O)CC(F)(F)F)N(CC(C)C)C(C)CC3)s1. The lowest BCUT2D eigenvalue weighted by Crippen LogP contribution is -2.39. The van der Waals surface area contributed by atoms with Gasteiger partial charge in [0.1, 0.15) is 12.3 Å². The Morgan fingerprint density at radius 2 is 2.00 bits per heavy atom. The molecule has 1 N–H and O–H groups in total. The Kier molecular flexibility index (Phi) is 9.64. The quantitative estimate of drug-likeness (QED) is 0.227. The van der Waals surface area contributed by atoms with Gasteiger partial charge in [0.15, 0.2) is 5.75 Å². The maximum Gasteiger partial charge on any atom is 0.404 e. The lowest BCUT2D eigenvalue weighted by atomic mass is 9.94. The summed E-state index contributed by atoms with van der Waals surface area (Å²) in [5.41, 5.74) is 1.44. The zero-order valence-corrected chi connectivity index (χ0v) is 22.9. The van der Waals surface area contributed by atoms with Gasteiger partial charge in [-0.3, -0.25) is 4.72 Å². The lowest BCUT2D eigenvalue weighted by Gasteiger charge is -2.38. The van der Waals surface area contributed by atoms with Gasteiger partial charge in [-0.2, -0.15) is 13.2 Å². The van der Waals surface area contributed by atoms with Crippen molar-refractivity contribution in [3.8, 4) is 0 Å². The highest BCUT2D eigenvalue weighted by molar-refractivity contribution is 7.92. The molecule has 1 aromatic heterocycles. The van der Waals surface area contributed by atoms with E-state index in [1.807, 2.05) is 25.5 Å². The molecule has 3 rings (SSSR count). The fourth-order valence-corrected chi connectivity index (χ4v) is 5.38. The highest BCUT2D eigenvalue weighted by atomic mass is 32.2. The third kappa shape index (κ3) is 8.33. The summed E-state index contributed by atoms with van der Waals surface area (Å²) in [6.45, 7) is 7.03. The molecule has 1 aliphatic rings. The number of carbonyl (C=O) groups excluding carboxylic acids is 1. The van der Waals surface area contributed by atoms with Crippen LogP contribution in [0.1, 0.15) is 42.6 Å². The van der Waals surface area contributed by atoms with Crippen LogP contribution in [0.25, 0.3) is 0 Å². The maximum absolute atomic E-state index is 12.9. The number of carbonyl (C=O) groups is 1. The number of azo groups is 1. The van der Waals surface area contributed by atoms with Crippen molar-refractivity contribution >= 4 is 49.5 Å². The summed E-state index contributed by atoms with van der Waals surface area (Å²) in [5, 5.41) is 15.3. The highest BCUT2D eigenvalue weighted by Gasteiger charge is 2.36. The summed E-state index contributed by atoms with van der Waals surface area (Å²) in [4.78, 5) is 14.1. The fraction of sp³-hybridized carbons (Fsp3) is 0.591. The van der Waals surface area contributed by atoms with Crippen molar-refractivity contribution < 1.29 is 35.9 Å². The van der Waals surface area contributed by atoms with Crippen molar-refractivity contribution in [2.75, 3.05) is 42.2 Å². The number of sulfonamides is 1.